The lowest BCUT2D eigenvalue weighted by Crippen LogP contribution is -2.15. The summed E-state index contributed by atoms with van der Waals surface area (Å²) in [5.74, 6) is 0.144. The maximum absolute atomic E-state index is 11.8. The van der Waals surface area contributed by atoms with Crippen LogP contribution < -0.4 is 0 Å². The fourth-order valence-electron chi connectivity index (χ4n) is 2.28. The molecule has 0 bridgehead atoms. The number of hydrogen-bond donors (Lipinski definition) is 0. The molecule has 2 rings (SSSR count). The summed E-state index contributed by atoms with van der Waals surface area (Å²) in [6, 6.07) is 10.1. The highest BCUT2D eigenvalue weighted by molar-refractivity contribution is 7.86. The fraction of sp³-hybridized carbons (Fsp3) is 0.429. The average Bonchev–Trinajstić information content (AvgIpc) is 2.48. The van der Waals surface area contributed by atoms with Crippen molar-refractivity contribution < 1.29 is 12.7 Å². The van der Waals surface area contributed by atoms with Crippen LogP contribution >= 0.6 is 0 Å². The molecule has 6 heteroatoms. The number of rotatable bonds is 4. The van der Waals surface area contributed by atoms with Gasteiger partial charge in [0, 0.05) is 12.1 Å². The van der Waals surface area contributed by atoms with Gasteiger partial charge in [-0.1, -0.05) is 29.8 Å². The Morgan fingerprint density at radius 3 is 2.75 bits per heavy atom. The molecule has 0 spiro atoms. The zero-order chi connectivity index (χ0) is 14.4. The molecule has 1 aromatic rings. The number of benzene rings is 1. The lowest BCUT2D eigenvalue weighted by atomic mass is 9.83. The number of nitrogens with zero attached hydrogens (tertiary/aromatic N) is 2. The quantitative estimate of drug-likeness (QED) is 0.631. The van der Waals surface area contributed by atoms with E-state index in [1.165, 1.54) is 18.3 Å². The van der Waals surface area contributed by atoms with Crippen LogP contribution in [-0.2, 0) is 14.4 Å². The van der Waals surface area contributed by atoms with E-state index in [-0.39, 0.29) is 16.7 Å². The molecular weight excluding hydrogens is 276 g/mol. The molecule has 1 aromatic carbocycles. The van der Waals surface area contributed by atoms with Crippen LogP contribution in [0.15, 0.2) is 40.4 Å². The highest BCUT2D eigenvalue weighted by atomic mass is 32.2. The van der Waals surface area contributed by atoms with E-state index >= 15 is 0 Å². The molecule has 0 amide bonds. The van der Waals surface area contributed by atoms with E-state index in [0.717, 1.165) is 25.7 Å². The van der Waals surface area contributed by atoms with E-state index in [1.807, 2.05) is 0 Å². The van der Waals surface area contributed by atoms with Gasteiger partial charge in [-0.2, -0.15) is 13.7 Å². The summed E-state index contributed by atoms with van der Waals surface area (Å²) in [4.78, 5) is 0.0793. The third-order valence-electron chi connectivity index (χ3n) is 3.34. The summed E-state index contributed by atoms with van der Waals surface area (Å²) in [6.45, 7) is 0. The van der Waals surface area contributed by atoms with Crippen LogP contribution in [0.3, 0.4) is 0 Å². The van der Waals surface area contributed by atoms with Crippen LogP contribution in [0.1, 0.15) is 25.7 Å². The van der Waals surface area contributed by atoms with Crippen LogP contribution in [-0.4, -0.2) is 14.6 Å². The molecule has 1 fully saturated rings. The van der Waals surface area contributed by atoms with E-state index in [1.54, 1.807) is 18.2 Å². The van der Waals surface area contributed by atoms with Gasteiger partial charge in [-0.3, -0.25) is 4.28 Å². The summed E-state index contributed by atoms with van der Waals surface area (Å²) < 4.78 is 28.3. The highest BCUT2D eigenvalue weighted by Gasteiger charge is 2.21. The van der Waals surface area contributed by atoms with E-state index in [9.17, 15) is 8.42 Å². The van der Waals surface area contributed by atoms with Crippen molar-refractivity contribution in [3.8, 4) is 6.07 Å². The first-order valence-electron chi connectivity index (χ1n) is 6.53. The van der Waals surface area contributed by atoms with E-state index in [4.69, 9.17) is 5.26 Å². The van der Waals surface area contributed by atoms with Crippen molar-refractivity contribution in [3.05, 3.63) is 30.3 Å². The largest absolute Gasteiger partial charge is 0.358 e. The monoisotopic (exact) mass is 292 g/mol. The molecular formula is C14H16N2O3S. The van der Waals surface area contributed by atoms with E-state index in [2.05, 4.69) is 15.5 Å². The second-order valence-electron chi connectivity index (χ2n) is 4.85. The summed E-state index contributed by atoms with van der Waals surface area (Å²) in [6.07, 6.45) is 5.00. The SMILES string of the molecule is N#CC1CCCC(/C=N/OS(=O)(=O)c2ccccc2)C1. The first-order chi connectivity index (χ1) is 9.62. The van der Waals surface area contributed by atoms with Crippen LogP contribution in [0, 0.1) is 23.2 Å². The smallest absolute Gasteiger partial charge is 0.265 e. The molecule has 0 N–H and O–H groups in total. The van der Waals surface area contributed by atoms with Crippen LogP contribution in [0.4, 0.5) is 0 Å². The van der Waals surface area contributed by atoms with Crippen LogP contribution in [0.2, 0.25) is 0 Å². The molecule has 20 heavy (non-hydrogen) atoms. The molecule has 2 atom stereocenters. The molecule has 5 nitrogen and oxygen atoms in total. The lowest BCUT2D eigenvalue weighted by molar-refractivity contribution is 0.328. The third-order valence-corrected chi connectivity index (χ3v) is 4.47. The van der Waals surface area contributed by atoms with Crippen molar-refractivity contribution in [1.82, 2.24) is 0 Å². The molecule has 1 saturated carbocycles. The third kappa shape index (κ3) is 3.81. The number of nitriles is 1. The van der Waals surface area contributed by atoms with Crippen molar-refractivity contribution in [1.29, 1.82) is 5.26 Å². The second kappa shape index (κ2) is 6.53. The molecule has 1 aliphatic carbocycles. The van der Waals surface area contributed by atoms with Gasteiger partial charge in [0.05, 0.1) is 6.07 Å². The fourth-order valence-corrected chi connectivity index (χ4v) is 3.02. The van der Waals surface area contributed by atoms with Gasteiger partial charge in [-0.25, -0.2) is 0 Å². The Balaban J connectivity index is 1.95. The zero-order valence-corrected chi connectivity index (χ0v) is 11.8. The maximum Gasteiger partial charge on any atom is 0.358 e. The van der Waals surface area contributed by atoms with Gasteiger partial charge in [0.15, 0.2) is 0 Å². The van der Waals surface area contributed by atoms with E-state index in [0.29, 0.717) is 0 Å². The van der Waals surface area contributed by atoms with E-state index < -0.39 is 10.1 Å². The summed E-state index contributed by atoms with van der Waals surface area (Å²) >= 11 is 0. The van der Waals surface area contributed by atoms with Crippen molar-refractivity contribution in [2.75, 3.05) is 0 Å². The lowest BCUT2D eigenvalue weighted by Gasteiger charge is -2.21. The molecule has 0 radical (unpaired) electrons. The molecule has 2 unspecified atom stereocenters. The number of hydrogen-bond acceptors (Lipinski definition) is 5. The van der Waals surface area contributed by atoms with Crippen LogP contribution in [0.5, 0.6) is 0 Å². The van der Waals surface area contributed by atoms with Crippen molar-refractivity contribution in [3.63, 3.8) is 0 Å². The molecule has 0 saturated heterocycles. The number of oxime groups is 1. The Hall–Kier alpha value is -1.87. The van der Waals surface area contributed by atoms with Crippen molar-refractivity contribution in [2.45, 2.75) is 30.6 Å². The molecule has 1 aliphatic rings. The van der Waals surface area contributed by atoms with Crippen LogP contribution in [0.25, 0.3) is 0 Å². The average molecular weight is 292 g/mol. The molecule has 0 heterocycles. The summed E-state index contributed by atoms with van der Waals surface area (Å²) in [5.41, 5.74) is 0. The zero-order valence-electron chi connectivity index (χ0n) is 11.0. The second-order valence-corrected chi connectivity index (χ2v) is 6.38. The van der Waals surface area contributed by atoms with Gasteiger partial charge in [0.2, 0.25) is 0 Å². The summed E-state index contributed by atoms with van der Waals surface area (Å²) in [7, 11) is -3.84. The summed E-state index contributed by atoms with van der Waals surface area (Å²) in [5, 5.41) is 12.5. The normalized spacial score (nSPS) is 23.4. The Labute approximate surface area is 119 Å². The minimum absolute atomic E-state index is 0.0333. The topological polar surface area (TPSA) is 79.5 Å². The Kier molecular flexibility index (Phi) is 4.74. The first-order valence-corrected chi connectivity index (χ1v) is 7.94. The van der Waals surface area contributed by atoms with Gasteiger partial charge in [0.1, 0.15) is 4.90 Å². The molecule has 106 valence electrons. The Morgan fingerprint density at radius 2 is 2.05 bits per heavy atom. The van der Waals surface area contributed by atoms with Gasteiger partial charge in [-0.15, -0.1) is 0 Å². The minimum atomic E-state index is -3.84. The highest BCUT2D eigenvalue weighted by Crippen LogP contribution is 2.27. The standard InChI is InChI=1S/C14H16N2O3S/c15-10-12-5-4-6-13(9-12)11-16-19-20(17,18)14-7-2-1-3-8-14/h1-3,7-8,11-13H,4-6,9H2/b16-11+. The van der Waals surface area contributed by atoms with Gasteiger partial charge in [-0.05, 0) is 37.3 Å². The van der Waals surface area contributed by atoms with Crippen molar-refractivity contribution in [2.24, 2.45) is 17.0 Å². The Morgan fingerprint density at radius 1 is 1.30 bits per heavy atom. The molecule has 0 aromatic heterocycles. The van der Waals surface area contributed by atoms with Gasteiger partial charge in [0.25, 0.3) is 0 Å². The Bertz CT molecular complexity index is 605. The maximum atomic E-state index is 11.8. The predicted molar refractivity (Wildman–Crippen MR) is 74.3 cm³/mol. The van der Waals surface area contributed by atoms with Gasteiger partial charge >= 0.3 is 10.1 Å². The molecule has 0 aliphatic heterocycles. The first kappa shape index (κ1) is 14.5. The van der Waals surface area contributed by atoms with Gasteiger partial charge < -0.3 is 0 Å². The van der Waals surface area contributed by atoms with Crippen molar-refractivity contribution >= 4 is 16.3 Å². The predicted octanol–water partition coefficient (Wildman–Crippen LogP) is 2.71. The minimum Gasteiger partial charge on any atom is -0.265 e.